The number of allylic oxidation sites excluding steroid dienone is 1. The van der Waals surface area contributed by atoms with Crippen LogP contribution in [0.4, 0.5) is 5.69 Å². The summed E-state index contributed by atoms with van der Waals surface area (Å²) in [4.78, 5) is 32.6. The van der Waals surface area contributed by atoms with Gasteiger partial charge in [-0.2, -0.15) is 0 Å². The van der Waals surface area contributed by atoms with Crippen LogP contribution in [-0.2, 0) is 42.5 Å². The van der Waals surface area contributed by atoms with Crippen molar-refractivity contribution in [3.8, 4) is 5.75 Å². The van der Waals surface area contributed by atoms with Gasteiger partial charge in [0.15, 0.2) is 6.29 Å². The summed E-state index contributed by atoms with van der Waals surface area (Å²) >= 11 is 6.57. The Hall–Kier alpha value is -3.00. The van der Waals surface area contributed by atoms with Gasteiger partial charge >= 0.3 is 0 Å². The molecule has 1 saturated heterocycles. The first-order chi connectivity index (χ1) is 27.7. The molecule has 0 radical (unpaired) electrons. The Labute approximate surface area is 350 Å². The zero-order valence-corrected chi connectivity index (χ0v) is 36.6. The summed E-state index contributed by atoms with van der Waals surface area (Å²) in [6.45, 7) is 14.1. The van der Waals surface area contributed by atoms with E-state index in [4.69, 9.17) is 25.8 Å². The average Bonchev–Trinajstić information content (AvgIpc) is 3.33. The van der Waals surface area contributed by atoms with Gasteiger partial charge in [0.05, 0.1) is 17.5 Å². The smallest absolute Gasteiger partial charge is 0.264 e. The summed E-state index contributed by atoms with van der Waals surface area (Å²) in [5.74, 6) is -0.290. The summed E-state index contributed by atoms with van der Waals surface area (Å²) in [6.07, 6.45) is 10.5. The summed E-state index contributed by atoms with van der Waals surface area (Å²) in [6, 6.07) is 9.92. The number of hydrogen-bond acceptors (Lipinski definition) is 10. The van der Waals surface area contributed by atoms with E-state index >= 15 is 0 Å². The molecule has 3 heterocycles. The number of piperazine rings is 1. The van der Waals surface area contributed by atoms with Gasteiger partial charge in [-0.1, -0.05) is 30.7 Å². The monoisotopic (exact) mass is 838 g/mol. The number of ether oxygens (including phenoxy) is 3. The number of nitrogens with zero attached hydrogens (tertiary/aromatic N) is 2. The molecule has 2 aliphatic carbocycles. The van der Waals surface area contributed by atoms with Gasteiger partial charge < -0.3 is 24.4 Å². The Morgan fingerprint density at radius 1 is 1.14 bits per heavy atom. The third-order valence-corrected chi connectivity index (χ3v) is 16.1. The second-order valence-corrected chi connectivity index (χ2v) is 20.4. The van der Waals surface area contributed by atoms with E-state index in [0.717, 1.165) is 81.6 Å². The maximum Gasteiger partial charge on any atom is 0.264 e. The lowest BCUT2D eigenvalue weighted by molar-refractivity contribution is -0.140. The number of methoxy groups -OCH3 is 1. The normalized spacial score (nSPS) is 30.9. The van der Waals surface area contributed by atoms with Crippen LogP contribution in [0.25, 0.3) is 0 Å². The van der Waals surface area contributed by atoms with Gasteiger partial charge in [-0.15, -0.1) is 0 Å². The standard InChI is InChI=1S/C45H63ClN4O7S/c1-6-57-45(29-51)17-7-9-31(2)40(15-22-55-5)58(53,54)48-42(52)34-23-35(26-43(3,4)50-20-18-47-19-21-50)41-39(25-34)49(27-33-11-13-38(33)45)28-44(30-56-41)16-8-10-32-24-36(46)12-14-37(32)44/h7,12,14,17,23-25,29,31,33,38,40,47H,6,8-11,13,15-16,18-22,26-28,30H2,1-5H3,(H,48,52)/b17-7+/t31-,33-,38+,40+,44-,45-/m0/s1. The number of sulfonamides is 1. The van der Waals surface area contributed by atoms with Crippen LogP contribution in [0.5, 0.6) is 5.75 Å². The van der Waals surface area contributed by atoms with Gasteiger partial charge in [0.1, 0.15) is 11.4 Å². The zero-order valence-electron chi connectivity index (χ0n) is 35.0. The lowest BCUT2D eigenvalue weighted by Gasteiger charge is -2.49. The van der Waals surface area contributed by atoms with Crippen LogP contribution in [-0.4, -0.2) is 108 Å². The maximum absolute atomic E-state index is 14.5. The minimum absolute atomic E-state index is 0.0870. The second kappa shape index (κ2) is 17.5. The summed E-state index contributed by atoms with van der Waals surface area (Å²) in [5, 5.41) is 3.26. The first-order valence-electron chi connectivity index (χ1n) is 21.4. The number of rotatable bonds is 9. The van der Waals surface area contributed by atoms with E-state index in [1.165, 1.54) is 11.1 Å². The highest BCUT2D eigenvalue weighted by atomic mass is 35.5. The molecular weight excluding hydrogens is 776 g/mol. The van der Waals surface area contributed by atoms with E-state index in [2.05, 4.69) is 45.8 Å². The highest BCUT2D eigenvalue weighted by Crippen LogP contribution is 2.50. The van der Waals surface area contributed by atoms with Crippen molar-refractivity contribution in [3.63, 3.8) is 0 Å². The first-order valence-corrected chi connectivity index (χ1v) is 23.3. The van der Waals surface area contributed by atoms with E-state index < -0.39 is 26.8 Å². The van der Waals surface area contributed by atoms with Crippen molar-refractivity contribution < 1.29 is 32.2 Å². The fraction of sp³-hybridized carbons (Fsp3) is 0.644. The van der Waals surface area contributed by atoms with E-state index in [0.29, 0.717) is 44.2 Å². The SMILES string of the molecule is CCO[C@]1(C=O)/C=C/C[C@H](C)[C@@H](CCOC)S(=O)(=O)NC(=O)c2cc(CC(C)(C)N3CCNCC3)c3c(c2)N(C[C@@H]2CC[C@H]21)C[C@@]1(CCCc2cc(Cl)ccc21)CO3. The minimum atomic E-state index is -4.17. The molecule has 3 aliphatic heterocycles. The van der Waals surface area contributed by atoms with Crippen LogP contribution in [0.3, 0.4) is 0 Å². The summed E-state index contributed by atoms with van der Waals surface area (Å²) in [5.41, 5.74) is 2.56. The van der Waals surface area contributed by atoms with Gasteiger partial charge in [-0.3, -0.25) is 14.5 Å². The number of aldehydes is 1. The number of nitrogens with one attached hydrogen (secondary N) is 2. The number of anilines is 1. The summed E-state index contributed by atoms with van der Waals surface area (Å²) in [7, 11) is -2.63. The maximum atomic E-state index is 14.5. The van der Waals surface area contributed by atoms with Crippen LogP contribution in [0.1, 0.15) is 93.3 Å². The predicted molar refractivity (Wildman–Crippen MR) is 229 cm³/mol. The van der Waals surface area contributed by atoms with Gasteiger partial charge in [0, 0.05) is 87.1 Å². The van der Waals surface area contributed by atoms with Crippen molar-refractivity contribution in [3.05, 3.63) is 69.8 Å². The number of fused-ring (bicyclic) bond motifs is 4. The van der Waals surface area contributed by atoms with Crippen LogP contribution in [0, 0.1) is 17.8 Å². The topological polar surface area (TPSA) is 127 Å². The van der Waals surface area contributed by atoms with Crippen molar-refractivity contribution in [2.24, 2.45) is 17.8 Å². The quantitative estimate of drug-likeness (QED) is 0.226. The molecule has 6 atom stereocenters. The lowest BCUT2D eigenvalue weighted by atomic mass is 9.64. The van der Waals surface area contributed by atoms with Gasteiger partial charge in [-0.05, 0) is 131 Å². The number of amides is 1. The zero-order chi connectivity index (χ0) is 41.3. The van der Waals surface area contributed by atoms with Gasteiger partial charge in [-0.25, -0.2) is 13.1 Å². The molecule has 2 bridgehead atoms. The Balaban J connectivity index is 1.41. The number of benzene rings is 2. The van der Waals surface area contributed by atoms with Crippen LogP contribution >= 0.6 is 11.6 Å². The molecule has 1 saturated carbocycles. The number of carbonyl (C=O) groups excluding carboxylic acids is 2. The molecule has 13 heteroatoms. The Morgan fingerprint density at radius 2 is 1.93 bits per heavy atom. The first kappa shape index (κ1) is 43.1. The highest BCUT2D eigenvalue weighted by Gasteiger charge is 2.50. The molecule has 318 valence electrons. The molecule has 2 N–H and O–H groups in total. The molecule has 1 spiro atoms. The van der Waals surface area contributed by atoms with Gasteiger partial charge in [0.25, 0.3) is 5.91 Å². The molecule has 2 aromatic carbocycles. The van der Waals surface area contributed by atoms with Crippen LogP contribution < -0.4 is 19.7 Å². The molecule has 2 aromatic rings. The van der Waals surface area contributed by atoms with Crippen molar-refractivity contribution in [1.29, 1.82) is 0 Å². The van der Waals surface area contributed by atoms with E-state index in [1.54, 1.807) is 7.11 Å². The molecule has 0 aromatic heterocycles. The third kappa shape index (κ3) is 8.61. The summed E-state index contributed by atoms with van der Waals surface area (Å²) < 4.78 is 49.9. The fourth-order valence-electron chi connectivity index (χ4n) is 10.6. The Kier molecular flexibility index (Phi) is 13.0. The molecule has 5 aliphatic rings. The predicted octanol–water partition coefficient (Wildman–Crippen LogP) is 6.10. The number of halogens is 1. The second-order valence-electron chi connectivity index (χ2n) is 18.1. The number of aryl methyl sites for hydroxylation is 1. The average molecular weight is 840 g/mol. The molecule has 1 amide bonds. The van der Waals surface area contributed by atoms with Gasteiger partial charge in [0.2, 0.25) is 10.0 Å². The lowest BCUT2D eigenvalue weighted by Crippen LogP contribution is -2.54. The van der Waals surface area contributed by atoms with Crippen molar-refractivity contribution in [1.82, 2.24) is 14.9 Å². The molecular formula is C45H63ClN4O7S. The van der Waals surface area contributed by atoms with Crippen LogP contribution in [0.2, 0.25) is 5.02 Å². The largest absolute Gasteiger partial charge is 0.490 e. The third-order valence-electron chi connectivity index (χ3n) is 13.9. The Bertz CT molecular complexity index is 1970. The van der Waals surface area contributed by atoms with E-state index in [9.17, 15) is 18.0 Å². The molecule has 7 rings (SSSR count). The minimum Gasteiger partial charge on any atom is -0.490 e. The molecule has 11 nitrogen and oxygen atoms in total. The van der Waals surface area contributed by atoms with Crippen molar-refractivity contribution in [2.75, 3.05) is 71.1 Å². The molecule has 0 unspecified atom stereocenters. The highest BCUT2D eigenvalue weighted by molar-refractivity contribution is 7.90. The van der Waals surface area contributed by atoms with E-state index in [-0.39, 0.29) is 47.3 Å². The van der Waals surface area contributed by atoms with Crippen molar-refractivity contribution >= 4 is 39.5 Å². The fourth-order valence-corrected chi connectivity index (χ4v) is 12.5. The Morgan fingerprint density at radius 3 is 2.64 bits per heavy atom. The number of hydrogen-bond donors (Lipinski definition) is 2. The van der Waals surface area contributed by atoms with Crippen molar-refractivity contribution in [2.45, 2.75) is 101 Å². The van der Waals surface area contributed by atoms with Crippen LogP contribution in [0.15, 0.2) is 42.5 Å². The molecule has 58 heavy (non-hydrogen) atoms. The number of carbonyl (C=O) groups is 2. The molecule has 2 fully saturated rings. The van der Waals surface area contributed by atoms with E-state index in [1.807, 2.05) is 44.2 Å².